The molecule has 2 fully saturated rings. The first-order valence-electron chi connectivity index (χ1n) is 7.78. The fraction of sp³-hybridized carbons (Fsp3) is 1.00. The first-order valence-corrected chi connectivity index (χ1v) is 7.78. The molecule has 2 saturated heterocycles. The van der Waals surface area contributed by atoms with Gasteiger partial charge in [0.1, 0.15) is 0 Å². The molecular formula is C15H30N2. The summed E-state index contributed by atoms with van der Waals surface area (Å²) in [6.07, 6.45) is 9.86. The minimum absolute atomic E-state index is 0.746. The summed E-state index contributed by atoms with van der Waals surface area (Å²) in [7, 11) is 0. The quantitative estimate of drug-likeness (QED) is 0.813. The summed E-state index contributed by atoms with van der Waals surface area (Å²) < 4.78 is 0. The van der Waals surface area contributed by atoms with E-state index in [2.05, 4.69) is 24.1 Å². The highest BCUT2D eigenvalue weighted by atomic mass is 15.2. The van der Waals surface area contributed by atoms with Crippen LogP contribution in [-0.4, -0.2) is 36.6 Å². The van der Waals surface area contributed by atoms with Crippen LogP contribution >= 0.6 is 0 Å². The second-order valence-corrected chi connectivity index (χ2v) is 6.09. The molecule has 100 valence electrons. The predicted octanol–water partition coefficient (Wildman–Crippen LogP) is 3.03. The molecule has 0 radical (unpaired) electrons. The van der Waals surface area contributed by atoms with Crippen molar-refractivity contribution >= 4 is 0 Å². The van der Waals surface area contributed by atoms with Crippen LogP contribution in [0.3, 0.4) is 0 Å². The van der Waals surface area contributed by atoms with Crippen molar-refractivity contribution in [3.63, 3.8) is 0 Å². The molecular weight excluding hydrogens is 208 g/mol. The third-order valence-corrected chi connectivity index (χ3v) is 4.83. The topological polar surface area (TPSA) is 15.3 Å². The second kappa shape index (κ2) is 6.75. The van der Waals surface area contributed by atoms with Crippen LogP contribution in [0.4, 0.5) is 0 Å². The van der Waals surface area contributed by atoms with Gasteiger partial charge in [-0.1, -0.05) is 26.7 Å². The molecule has 2 rings (SSSR count). The molecule has 0 saturated carbocycles. The SMILES string of the molecule is CCC1CCCCCN1CC1NCCCC1C. The molecule has 0 amide bonds. The Bertz CT molecular complexity index is 217. The average Bonchev–Trinajstić information content (AvgIpc) is 2.57. The highest BCUT2D eigenvalue weighted by Gasteiger charge is 2.26. The van der Waals surface area contributed by atoms with E-state index in [4.69, 9.17) is 0 Å². The summed E-state index contributed by atoms with van der Waals surface area (Å²) in [5.74, 6) is 0.865. The molecule has 2 heterocycles. The van der Waals surface area contributed by atoms with Gasteiger partial charge in [-0.3, -0.25) is 4.90 Å². The van der Waals surface area contributed by atoms with Gasteiger partial charge in [0.05, 0.1) is 0 Å². The lowest BCUT2D eigenvalue weighted by Gasteiger charge is -2.37. The Morgan fingerprint density at radius 1 is 1.12 bits per heavy atom. The van der Waals surface area contributed by atoms with E-state index < -0.39 is 0 Å². The van der Waals surface area contributed by atoms with Crippen LogP contribution < -0.4 is 5.32 Å². The molecule has 2 heteroatoms. The maximum absolute atomic E-state index is 3.74. The molecule has 0 spiro atoms. The minimum atomic E-state index is 0.746. The zero-order chi connectivity index (χ0) is 12.1. The predicted molar refractivity (Wildman–Crippen MR) is 74.3 cm³/mol. The standard InChI is InChI=1S/C15H30N2/c1-3-14-9-5-4-6-11-17(14)12-15-13(2)8-7-10-16-15/h13-16H,3-12H2,1-2H3. The Labute approximate surface area is 107 Å². The average molecular weight is 238 g/mol. The van der Waals surface area contributed by atoms with Crippen molar-refractivity contribution in [2.24, 2.45) is 5.92 Å². The fourth-order valence-electron chi connectivity index (χ4n) is 3.55. The van der Waals surface area contributed by atoms with Crippen LogP contribution in [0.5, 0.6) is 0 Å². The highest BCUT2D eigenvalue weighted by Crippen LogP contribution is 2.22. The summed E-state index contributed by atoms with van der Waals surface area (Å²) >= 11 is 0. The van der Waals surface area contributed by atoms with Gasteiger partial charge in [0.2, 0.25) is 0 Å². The zero-order valence-electron chi connectivity index (χ0n) is 11.8. The maximum Gasteiger partial charge on any atom is 0.0220 e. The monoisotopic (exact) mass is 238 g/mol. The first kappa shape index (κ1) is 13.4. The first-order chi connectivity index (χ1) is 8.31. The van der Waals surface area contributed by atoms with Crippen LogP contribution in [0.1, 0.15) is 58.8 Å². The van der Waals surface area contributed by atoms with Crippen molar-refractivity contribution in [3.8, 4) is 0 Å². The number of nitrogens with one attached hydrogen (secondary N) is 1. The normalized spacial score (nSPS) is 36.7. The Kier molecular flexibility index (Phi) is 5.30. The number of piperidine rings is 1. The Balaban J connectivity index is 1.89. The molecule has 0 aromatic rings. The molecule has 1 N–H and O–H groups in total. The van der Waals surface area contributed by atoms with Crippen molar-refractivity contribution in [1.82, 2.24) is 10.2 Å². The van der Waals surface area contributed by atoms with Crippen molar-refractivity contribution < 1.29 is 0 Å². The van der Waals surface area contributed by atoms with E-state index in [1.165, 1.54) is 64.6 Å². The Hall–Kier alpha value is -0.0800. The summed E-state index contributed by atoms with van der Waals surface area (Å²) in [4.78, 5) is 2.78. The summed E-state index contributed by atoms with van der Waals surface area (Å²) in [5, 5.41) is 3.74. The lowest BCUT2D eigenvalue weighted by molar-refractivity contribution is 0.144. The van der Waals surface area contributed by atoms with E-state index >= 15 is 0 Å². The van der Waals surface area contributed by atoms with Crippen LogP contribution in [-0.2, 0) is 0 Å². The molecule has 2 aliphatic rings. The maximum atomic E-state index is 3.74. The highest BCUT2D eigenvalue weighted by molar-refractivity contribution is 4.84. The van der Waals surface area contributed by atoms with E-state index in [1.807, 2.05) is 0 Å². The van der Waals surface area contributed by atoms with Crippen molar-refractivity contribution in [2.75, 3.05) is 19.6 Å². The number of hydrogen-bond donors (Lipinski definition) is 1. The molecule has 2 aliphatic heterocycles. The summed E-state index contributed by atoms with van der Waals surface area (Å²) in [5.41, 5.74) is 0. The third kappa shape index (κ3) is 3.69. The largest absolute Gasteiger partial charge is 0.312 e. The fourth-order valence-corrected chi connectivity index (χ4v) is 3.55. The number of nitrogens with zero attached hydrogens (tertiary/aromatic N) is 1. The molecule has 3 atom stereocenters. The van der Waals surface area contributed by atoms with E-state index in [-0.39, 0.29) is 0 Å². The van der Waals surface area contributed by atoms with Crippen molar-refractivity contribution in [2.45, 2.75) is 70.9 Å². The van der Waals surface area contributed by atoms with Gasteiger partial charge in [0, 0.05) is 18.6 Å². The van der Waals surface area contributed by atoms with E-state index in [9.17, 15) is 0 Å². The van der Waals surface area contributed by atoms with Crippen LogP contribution in [0.25, 0.3) is 0 Å². The van der Waals surface area contributed by atoms with Gasteiger partial charge in [-0.25, -0.2) is 0 Å². The van der Waals surface area contributed by atoms with Gasteiger partial charge < -0.3 is 5.32 Å². The molecule has 17 heavy (non-hydrogen) atoms. The van der Waals surface area contributed by atoms with Gasteiger partial charge in [-0.05, 0) is 51.1 Å². The summed E-state index contributed by atoms with van der Waals surface area (Å²) in [6, 6.07) is 1.60. The number of rotatable bonds is 3. The molecule has 3 unspecified atom stereocenters. The molecule has 0 aliphatic carbocycles. The van der Waals surface area contributed by atoms with E-state index in [1.54, 1.807) is 0 Å². The van der Waals surface area contributed by atoms with Crippen LogP contribution in [0, 0.1) is 5.92 Å². The van der Waals surface area contributed by atoms with Crippen LogP contribution in [0.15, 0.2) is 0 Å². The van der Waals surface area contributed by atoms with Gasteiger partial charge in [-0.15, -0.1) is 0 Å². The number of hydrogen-bond acceptors (Lipinski definition) is 2. The van der Waals surface area contributed by atoms with E-state index in [0.717, 1.165) is 18.0 Å². The molecule has 0 aromatic heterocycles. The van der Waals surface area contributed by atoms with E-state index in [0.29, 0.717) is 0 Å². The number of likely N-dealkylation sites (tertiary alicyclic amines) is 1. The molecule has 0 aromatic carbocycles. The van der Waals surface area contributed by atoms with Gasteiger partial charge in [-0.2, -0.15) is 0 Å². The molecule has 2 nitrogen and oxygen atoms in total. The van der Waals surface area contributed by atoms with Gasteiger partial charge in [0.15, 0.2) is 0 Å². The Morgan fingerprint density at radius 2 is 2.00 bits per heavy atom. The smallest absolute Gasteiger partial charge is 0.0220 e. The minimum Gasteiger partial charge on any atom is -0.312 e. The second-order valence-electron chi connectivity index (χ2n) is 6.09. The molecule has 0 bridgehead atoms. The van der Waals surface area contributed by atoms with Crippen molar-refractivity contribution in [3.05, 3.63) is 0 Å². The zero-order valence-corrected chi connectivity index (χ0v) is 11.8. The summed E-state index contributed by atoms with van der Waals surface area (Å²) in [6.45, 7) is 8.65. The van der Waals surface area contributed by atoms with Gasteiger partial charge in [0.25, 0.3) is 0 Å². The van der Waals surface area contributed by atoms with Crippen LogP contribution in [0.2, 0.25) is 0 Å². The lowest BCUT2D eigenvalue weighted by atomic mass is 9.92. The van der Waals surface area contributed by atoms with Crippen molar-refractivity contribution in [1.29, 1.82) is 0 Å². The lowest BCUT2D eigenvalue weighted by Crippen LogP contribution is -2.50. The third-order valence-electron chi connectivity index (χ3n) is 4.83. The van der Waals surface area contributed by atoms with Gasteiger partial charge >= 0.3 is 0 Å². The Morgan fingerprint density at radius 3 is 2.76 bits per heavy atom.